The summed E-state index contributed by atoms with van der Waals surface area (Å²) in [5.41, 5.74) is 4.16. The van der Waals surface area contributed by atoms with Crippen molar-refractivity contribution in [3.63, 3.8) is 0 Å². The SMILES string of the molecule is CC[C@H](Cc1ccccc1)N=c1c(C)c1N(CC)CC. The molecule has 0 aromatic heterocycles. The van der Waals surface area contributed by atoms with Crippen LogP contribution in [0.1, 0.15) is 38.3 Å². The van der Waals surface area contributed by atoms with Gasteiger partial charge < -0.3 is 4.90 Å². The van der Waals surface area contributed by atoms with E-state index >= 15 is 0 Å². The molecule has 2 aromatic rings. The van der Waals surface area contributed by atoms with Gasteiger partial charge in [-0.15, -0.1) is 0 Å². The largest absolute Gasteiger partial charge is 0.370 e. The van der Waals surface area contributed by atoms with E-state index in [9.17, 15) is 0 Å². The second-order valence-corrected chi connectivity index (χ2v) is 5.38. The second-order valence-electron chi connectivity index (χ2n) is 5.38. The Hall–Kier alpha value is -1.57. The zero-order valence-corrected chi connectivity index (χ0v) is 13.2. The van der Waals surface area contributed by atoms with Crippen LogP contribution in [0.3, 0.4) is 0 Å². The summed E-state index contributed by atoms with van der Waals surface area (Å²) in [6.45, 7) is 11.0. The standard InChI is InChI=1S/C18H26N2/c1-5-16(13-15-11-9-8-10-12-15)19-17-14(4)18(17)20(6-2)7-3/h8-12,16H,5-7,13H2,1-4H3/t16-/m1/s1. The van der Waals surface area contributed by atoms with Crippen molar-refractivity contribution in [2.24, 2.45) is 4.99 Å². The third kappa shape index (κ3) is 3.30. The van der Waals surface area contributed by atoms with Crippen LogP contribution in [-0.2, 0) is 6.42 Å². The van der Waals surface area contributed by atoms with Crippen molar-refractivity contribution in [1.29, 1.82) is 0 Å². The van der Waals surface area contributed by atoms with Crippen LogP contribution in [0.5, 0.6) is 0 Å². The molecule has 2 rings (SSSR count). The summed E-state index contributed by atoms with van der Waals surface area (Å²) in [6.07, 6.45) is 2.14. The predicted octanol–water partition coefficient (Wildman–Crippen LogP) is 3.64. The molecule has 0 saturated heterocycles. The molecule has 0 N–H and O–H groups in total. The van der Waals surface area contributed by atoms with E-state index < -0.39 is 0 Å². The van der Waals surface area contributed by atoms with Gasteiger partial charge in [0.1, 0.15) is 0 Å². The molecule has 0 amide bonds. The van der Waals surface area contributed by atoms with Crippen molar-refractivity contribution >= 4 is 5.69 Å². The lowest BCUT2D eigenvalue weighted by Gasteiger charge is -2.15. The molecule has 2 heteroatoms. The summed E-state index contributed by atoms with van der Waals surface area (Å²) >= 11 is 0. The molecule has 0 bridgehead atoms. The lowest BCUT2D eigenvalue weighted by atomic mass is 10.0. The van der Waals surface area contributed by atoms with Crippen LogP contribution in [-0.4, -0.2) is 19.1 Å². The number of nitrogens with zero attached hydrogens (tertiary/aromatic N) is 2. The fourth-order valence-electron chi connectivity index (χ4n) is 2.69. The molecule has 0 heterocycles. The lowest BCUT2D eigenvalue weighted by molar-refractivity contribution is 0.635. The third-order valence-electron chi connectivity index (χ3n) is 4.05. The van der Waals surface area contributed by atoms with Gasteiger partial charge in [0.05, 0.1) is 17.1 Å². The molecule has 108 valence electrons. The minimum Gasteiger partial charge on any atom is -0.370 e. The lowest BCUT2D eigenvalue weighted by Crippen LogP contribution is -2.21. The first kappa shape index (κ1) is 14.8. The normalized spacial score (nSPS) is 13.9. The molecule has 2 nitrogen and oxygen atoms in total. The molecule has 20 heavy (non-hydrogen) atoms. The Kier molecular flexibility index (Phi) is 4.99. The number of benzene rings is 1. The summed E-state index contributed by atoms with van der Waals surface area (Å²) in [7, 11) is 0. The maximum atomic E-state index is 4.98. The first-order valence-corrected chi connectivity index (χ1v) is 7.79. The fraction of sp³-hybridized carbons (Fsp3) is 0.500. The molecule has 0 saturated carbocycles. The molecule has 0 aliphatic rings. The molecule has 1 atom stereocenters. The monoisotopic (exact) mass is 270 g/mol. The van der Waals surface area contributed by atoms with Crippen LogP contribution >= 0.6 is 0 Å². The first-order chi connectivity index (χ1) is 9.71. The van der Waals surface area contributed by atoms with Crippen molar-refractivity contribution in [3.05, 3.63) is 46.8 Å². The Morgan fingerprint density at radius 2 is 1.70 bits per heavy atom. The molecule has 0 aliphatic heterocycles. The van der Waals surface area contributed by atoms with Crippen LogP contribution in [0, 0.1) is 6.92 Å². The average molecular weight is 270 g/mol. The van der Waals surface area contributed by atoms with Gasteiger partial charge in [0, 0.05) is 18.7 Å². The van der Waals surface area contributed by atoms with Gasteiger partial charge in [0.2, 0.25) is 0 Å². The maximum absolute atomic E-state index is 4.98. The Labute approximate surface area is 122 Å². The molecular formula is C18H26N2. The van der Waals surface area contributed by atoms with E-state index in [4.69, 9.17) is 4.99 Å². The summed E-state index contributed by atoms with van der Waals surface area (Å²) < 4.78 is 0. The second kappa shape index (κ2) is 6.74. The summed E-state index contributed by atoms with van der Waals surface area (Å²) in [5, 5.41) is 1.26. The van der Waals surface area contributed by atoms with E-state index in [1.807, 2.05) is 0 Å². The highest BCUT2D eigenvalue weighted by Gasteiger charge is 2.21. The fourth-order valence-corrected chi connectivity index (χ4v) is 2.69. The number of rotatable bonds is 7. The highest BCUT2D eigenvalue weighted by atomic mass is 15.1. The van der Waals surface area contributed by atoms with Gasteiger partial charge in [-0.3, -0.25) is 4.99 Å². The highest BCUT2D eigenvalue weighted by molar-refractivity contribution is 5.64. The Bertz CT molecular complexity index is 543. The first-order valence-electron chi connectivity index (χ1n) is 7.79. The summed E-state index contributed by atoms with van der Waals surface area (Å²) in [6, 6.07) is 11.1. The molecular weight excluding hydrogens is 244 g/mol. The topological polar surface area (TPSA) is 15.6 Å². The molecule has 0 radical (unpaired) electrons. The van der Waals surface area contributed by atoms with Crippen LogP contribution in [0.15, 0.2) is 35.3 Å². The van der Waals surface area contributed by atoms with Crippen molar-refractivity contribution in [2.45, 2.75) is 46.6 Å². The van der Waals surface area contributed by atoms with Crippen LogP contribution in [0.2, 0.25) is 0 Å². The van der Waals surface area contributed by atoms with Gasteiger partial charge >= 0.3 is 0 Å². The zero-order chi connectivity index (χ0) is 14.5. The Balaban J connectivity index is 2.12. The van der Waals surface area contributed by atoms with Crippen LogP contribution in [0.4, 0.5) is 5.69 Å². The van der Waals surface area contributed by atoms with Crippen molar-refractivity contribution < 1.29 is 0 Å². The smallest absolute Gasteiger partial charge is 0.0865 e. The predicted molar refractivity (Wildman–Crippen MR) is 86.9 cm³/mol. The van der Waals surface area contributed by atoms with E-state index in [1.165, 1.54) is 22.2 Å². The average Bonchev–Trinajstić information content (AvgIpc) is 3.10. The van der Waals surface area contributed by atoms with Crippen molar-refractivity contribution in [3.8, 4) is 0 Å². The highest BCUT2D eigenvalue weighted by Crippen LogP contribution is 2.21. The van der Waals surface area contributed by atoms with Crippen molar-refractivity contribution in [2.75, 3.05) is 18.0 Å². The third-order valence-corrected chi connectivity index (χ3v) is 4.05. The van der Waals surface area contributed by atoms with Gasteiger partial charge in [-0.05, 0) is 39.2 Å². The van der Waals surface area contributed by atoms with Crippen molar-refractivity contribution in [1.82, 2.24) is 0 Å². The van der Waals surface area contributed by atoms with E-state index in [0.717, 1.165) is 25.9 Å². The van der Waals surface area contributed by atoms with E-state index in [2.05, 4.69) is 62.9 Å². The van der Waals surface area contributed by atoms with Crippen LogP contribution < -0.4 is 10.3 Å². The molecule has 0 fully saturated rings. The van der Waals surface area contributed by atoms with E-state index in [1.54, 1.807) is 0 Å². The summed E-state index contributed by atoms with van der Waals surface area (Å²) in [4.78, 5) is 7.39. The minimum atomic E-state index is 0.399. The number of anilines is 1. The number of hydrogen-bond donors (Lipinski definition) is 0. The van der Waals surface area contributed by atoms with E-state index in [-0.39, 0.29) is 0 Å². The minimum absolute atomic E-state index is 0.399. The maximum Gasteiger partial charge on any atom is 0.0865 e. The van der Waals surface area contributed by atoms with Crippen LogP contribution in [0.25, 0.3) is 0 Å². The zero-order valence-electron chi connectivity index (χ0n) is 13.2. The van der Waals surface area contributed by atoms with Gasteiger partial charge in [-0.25, -0.2) is 0 Å². The molecule has 0 aliphatic carbocycles. The number of hydrogen-bond acceptors (Lipinski definition) is 2. The van der Waals surface area contributed by atoms with Gasteiger partial charge in [0.15, 0.2) is 0 Å². The molecule has 2 aromatic carbocycles. The Morgan fingerprint density at radius 3 is 2.25 bits per heavy atom. The van der Waals surface area contributed by atoms with Gasteiger partial charge in [-0.2, -0.15) is 0 Å². The van der Waals surface area contributed by atoms with Gasteiger partial charge in [-0.1, -0.05) is 37.3 Å². The summed E-state index contributed by atoms with van der Waals surface area (Å²) in [5.74, 6) is 0. The quantitative estimate of drug-likeness (QED) is 0.750. The molecule has 0 unspecified atom stereocenters. The molecule has 0 spiro atoms. The van der Waals surface area contributed by atoms with Gasteiger partial charge in [0.25, 0.3) is 0 Å². The Morgan fingerprint density at radius 1 is 1.05 bits per heavy atom. The van der Waals surface area contributed by atoms with E-state index in [0.29, 0.717) is 6.04 Å².